The minimum atomic E-state index is -1.29. The molecule has 0 aromatic carbocycles. The van der Waals surface area contributed by atoms with Crippen molar-refractivity contribution in [3.8, 4) is 0 Å². The third kappa shape index (κ3) is 4.20. The van der Waals surface area contributed by atoms with Crippen LogP contribution in [0.3, 0.4) is 0 Å². The van der Waals surface area contributed by atoms with E-state index in [1.54, 1.807) is 23.1 Å². The van der Waals surface area contributed by atoms with E-state index in [4.69, 9.17) is 4.98 Å². The van der Waals surface area contributed by atoms with E-state index in [9.17, 15) is 0 Å². The Labute approximate surface area is 197 Å². The van der Waals surface area contributed by atoms with Crippen LogP contribution in [-0.4, -0.2) is 62.4 Å². The molecule has 0 amide bonds. The van der Waals surface area contributed by atoms with E-state index in [2.05, 4.69) is 49.0 Å². The number of hydrogen-bond acceptors (Lipinski definition) is 6. The van der Waals surface area contributed by atoms with Crippen LogP contribution in [0.25, 0.3) is 11.2 Å². The van der Waals surface area contributed by atoms with Crippen LogP contribution in [0.4, 0.5) is 4.39 Å². The average Bonchev–Trinajstić information content (AvgIpc) is 3.47. The molecule has 0 N–H and O–H groups in total. The molecule has 170 valence electrons. The van der Waals surface area contributed by atoms with Gasteiger partial charge in [0, 0.05) is 50.7 Å². The molecule has 5 nitrogen and oxygen atoms in total. The van der Waals surface area contributed by atoms with Crippen molar-refractivity contribution >= 4 is 34.3 Å². The summed E-state index contributed by atoms with van der Waals surface area (Å²) < 4.78 is 18.2. The van der Waals surface area contributed by atoms with Gasteiger partial charge >= 0.3 is 0 Å². The van der Waals surface area contributed by atoms with Crippen LogP contribution in [0.1, 0.15) is 37.3 Å². The van der Waals surface area contributed by atoms with E-state index in [1.165, 1.54) is 5.56 Å². The van der Waals surface area contributed by atoms with Crippen LogP contribution in [-0.2, 0) is 6.54 Å². The maximum Gasteiger partial charge on any atom is 0.170 e. The molecule has 32 heavy (non-hydrogen) atoms. The van der Waals surface area contributed by atoms with Crippen LogP contribution in [0.15, 0.2) is 52.6 Å². The van der Waals surface area contributed by atoms with Crippen molar-refractivity contribution < 1.29 is 4.39 Å². The monoisotopic (exact) mass is 471 g/mol. The molecule has 0 unspecified atom stereocenters. The summed E-state index contributed by atoms with van der Waals surface area (Å²) in [5.74, 6) is 0. The van der Waals surface area contributed by atoms with E-state index in [0.29, 0.717) is 24.6 Å². The van der Waals surface area contributed by atoms with Gasteiger partial charge in [0.25, 0.3) is 0 Å². The van der Waals surface area contributed by atoms with Gasteiger partial charge in [0.2, 0.25) is 0 Å². The van der Waals surface area contributed by atoms with Crippen molar-refractivity contribution in [3.05, 3.63) is 53.0 Å². The van der Waals surface area contributed by atoms with Gasteiger partial charge in [0.15, 0.2) is 16.5 Å². The van der Waals surface area contributed by atoms with Gasteiger partial charge in [-0.05, 0) is 66.5 Å². The second kappa shape index (κ2) is 9.15. The van der Waals surface area contributed by atoms with Gasteiger partial charge in [0.1, 0.15) is 5.52 Å². The molecule has 0 aliphatic carbocycles. The molecular weight excluding hydrogens is 441 g/mol. The van der Waals surface area contributed by atoms with E-state index >= 15 is 4.39 Å². The third-order valence-electron chi connectivity index (χ3n) is 6.96. The van der Waals surface area contributed by atoms with Crippen LogP contribution in [0, 0.1) is 0 Å². The number of aromatic nitrogens is 3. The largest absolute Gasteiger partial charge is 0.373 e. The molecule has 0 saturated carbocycles. The number of imidazole rings is 1. The molecule has 2 saturated heterocycles. The normalized spacial score (nSPS) is 20.1. The van der Waals surface area contributed by atoms with Crippen molar-refractivity contribution in [1.82, 2.24) is 24.3 Å². The van der Waals surface area contributed by atoms with Crippen LogP contribution < -0.4 is 0 Å². The molecule has 5 rings (SSSR count). The summed E-state index contributed by atoms with van der Waals surface area (Å²) in [4.78, 5) is 13.9. The highest BCUT2D eigenvalue weighted by Gasteiger charge is 2.40. The summed E-state index contributed by atoms with van der Waals surface area (Å²) in [5.41, 5.74) is 2.62. The third-order valence-corrected chi connectivity index (χ3v) is 8.35. The van der Waals surface area contributed by atoms with E-state index < -0.39 is 5.67 Å². The van der Waals surface area contributed by atoms with Crippen molar-refractivity contribution in [2.24, 2.45) is 0 Å². The fraction of sp³-hybridized carbons (Fsp3) is 0.500. The zero-order valence-electron chi connectivity index (χ0n) is 18.5. The Morgan fingerprint density at radius 1 is 1.25 bits per heavy atom. The molecule has 2 aliphatic heterocycles. The van der Waals surface area contributed by atoms with E-state index in [1.807, 2.05) is 18.3 Å². The standard InChI is InChI=1S/C24H30FN5S2/c1-18(24(25)8-13-28(14-9-24)16-19-7-15-32-17-19)29-11-5-20(6-12-29)30-22-21(4-3-10-26-22)27-23(30)31-2/h3-4,7,10,15,17,20H,1,5-6,8-9,11-14,16H2,2H3. The molecule has 0 spiro atoms. The number of thiophene rings is 1. The molecule has 0 atom stereocenters. The van der Waals surface area contributed by atoms with E-state index in [-0.39, 0.29) is 0 Å². The van der Waals surface area contributed by atoms with Crippen LogP contribution in [0.2, 0.25) is 0 Å². The molecule has 3 aromatic rings. The molecule has 0 bridgehead atoms. The molecular formula is C24H30FN5S2. The van der Waals surface area contributed by atoms with Gasteiger partial charge in [-0.3, -0.25) is 4.90 Å². The highest BCUT2D eigenvalue weighted by Crippen LogP contribution is 2.38. The molecule has 8 heteroatoms. The first-order valence-electron chi connectivity index (χ1n) is 11.3. The van der Waals surface area contributed by atoms with Crippen molar-refractivity contribution in [2.75, 3.05) is 32.4 Å². The lowest BCUT2D eigenvalue weighted by Crippen LogP contribution is -2.47. The van der Waals surface area contributed by atoms with Crippen LogP contribution >= 0.6 is 23.1 Å². The van der Waals surface area contributed by atoms with Crippen molar-refractivity contribution in [1.29, 1.82) is 0 Å². The quantitative estimate of drug-likeness (QED) is 0.452. The number of halogens is 1. The van der Waals surface area contributed by atoms with Gasteiger partial charge in [-0.15, -0.1) is 0 Å². The lowest BCUT2D eigenvalue weighted by Gasteiger charge is -2.43. The fourth-order valence-corrected chi connectivity index (χ4v) is 6.34. The predicted molar refractivity (Wildman–Crippen MR) is 131 cm³/mol. The topological polar surface area (TPSA) is 37.2 Å². The number of likely N-dealkylation sites (tertiary alicyclic amines) is 2. The zero-order chi connectivity index (χ0) is 22.1. The van der Waals surface area contributed by atoms with Crippen molar-refractivity contribution in [3.63, 3.8) is 0 Å². The predicted octanol–water partition coefficient (Wildman–Crippen LogP) is 5.37. The Hall–Kier alpha value is -1.90. The van der Waals surface area contributed by atoms with Gasteiger partial charge in [-0.2, -0.15) is 11.3 Å². The Morgan fingerprint density at radius 2 is 2.03 bits per heavy atom. The minimum absolute atomic E-state index is 0.337. The first kappa shape index (κ1) is 21.9. The first-order valence-corrected chi connectivity index (χ1v) is 13.5. The number of thioether (sulfide) groups is 1. The Bertz CT molecular complexity index is 1060. The molecule has 2 fully saturated rings. The maximum atomic E-state index is 15.9. The summed E-state index contributed by atoms with van der Waals surface area (Å²) in [6, 6.07) is 6.45. The number of allylic oxidation sites excluding steroid dienone is 1. The maximum absolute atomic E-state index is 15.9. The molecule has 3 aromatic heterocycles. The average molecular weight is 472 g/mol. The SMILES string of the molecule is C=C(N1CCC(n2c(SC)nc3cccnc32)CC1)C1(F)CCN(Cc2ccsc2)CC1. The summed E-state index contributed by atoms with van der Waals surface area (Å²) in [6.45, 7) is 8.38. The minimum Gasteiger partial charge on any atom is -0.373 e. The number of hydrogen-bond donors (Lipinski definition) is 0. The fourth-order valence-electron chi connectivity index (χ4n) is 5.05. The molecule has 2 aliphatic rings. The second-order valence-corrected chi connectivity index (χ2v) is 10.4. The number of pyridine rings is 1. The Kier molecular flexibility index (Phi) is 6.27. The van der Waals surface area contributed by atoms with Gasteiger partial charge in [0.05, 0.1) is 0 Å². The Balaban J connectivity index is 1.21. The second-order valence-electron chi connectivity index (χ2n) is 8.85. The highest BCUT2D eigenvalue weighted by atomic mass is 32.2. The summed E-state index contributed by atoms with van der Waals surface area (Å²) in [5, 5.41) is 5.30. The van der Waals surface area contributed by atoms with Crippen molar-refractivity contribution in [2.45, 2.75) is 49.1 Å². The van der Waals surface area contributed by atoms with Gasteiger partial charge in [-0.1, -0.05) is 18.3 Å². The van der Waals surface area contributed by atoms with Gasteiger partial charge < -0.3 is 9.47 Å². The summed E-state index contributed by atoms with van der Waals surface area (Å²) >= 11 is 3.38. The molecule has 5 heterocycles. The summed E-state index contributed by atoms with van der Waals surface area (Å²) in [6.07, 6.45) is 6.86. The number of nitrogens with zero attached hydrogens (tertiary/aromatic N) is 5. The molecule has 0 radical (unpaired) electrons. The summed E-state index contributed by atoms with van der Waals surface area (Å²) in [7, 11) is 0. The Morgan fingerprint density at radius 3 is 2.72 bits per heavy atom. The van der Waals surface area contributed by atoms with Crippen LogP contribution in [0.5, 0.6) is 0 Å². The van der Waals surface area contributed by atoms with E-state index in [0.717, 1.165) is 61.9 Å². The number of piperidine rings is 2. The number of fused-ring (bicyclic) bond motifs is 1. The zero-order valence-corrected chi connectivity index (χ0v) is 20.2. The lowest BCUT2D eigenvalue weighted by atomic mass is 9.88. The number of rotatable bonds is 6. The smallest absolute Gasteiger partial charge is 0.170 e. The number of alkyl halides is 1. The van der Waals surface area contributed by atoms with Gasteiger partial charge in [-0.25, -0.2) is 14.4 Å². The highest BCUT2D eigenvalue weighted by molar-refractivity contribution is 7.98. The lowest BCUT2D eigenvalue weighted by molar-refractivity contribution is 0.0520. The first-order chi connectivity index (χ1) is 15.6.